The molecule has 1 heterocycles. The summed E-state index contributed by atoms with van der Waals surface area (Å²) in [5.41, 5.74) is 3.87. The Balaban J connectivity index is 2.03. The Morgan fingerprint density at radius 2 is 1.94 bits per heavy atom. The van der Waals surface area contributed by atoms with Crippen molar-refractivity contribution in [3.63, 3.8) is 0 Å². The summed E-state index contributed by atoms with van der Waals surface area (Å²) >= 11 is 0. The van der Waals surface area contributed by atoms with E-state index in [4.69, 9.17) is 0 Å². The van der Waals surface area contributed by atoms with Crippen LogP contribution in [-0.4, -0.2) is 18.5 Å². The molecule has 0 bridgehead atoms. The highest BCUT2D eigenvalue weighted by Crippen LogP contribution is 2.18. The molecule has 92 valence electrons. The fraction of sp³-hybridized carbons (Fsp3) is 0.500. The topological polar surface area (TPSA) is 41.1 Å². The van der Waals surface area contributed by atoms with E-state index < -0.39 is 0 Å². The molecule has 0 saturated carbocycles. The molecule has 2 atom stereocenters. The zero-order valence-corrected chi connectivity index (χ0v) is 10.7. The van der Waals surface area contributed by atoms with E-state index in [1.165, 1.54) is 16.7 Å². The first-order chi connectivity index (χ1) is 8.04. The monoisotopic (exact) mass is 232 g/mol. The Hall–Kier alpha value is -1.35. The second kappa shape index (κ2) is 4.88. The van der Waals surface area contributed by atoms with E-state index in [1.54, 1.807) is 0 Å². The van der Waals surface area contributed by atoms with E-state index in [0.717, 1.165) is 6.54 Å². The quantitative estimate of drug-likeness (QED) is 0.835. The molecule has 3 heteroatoms. The van der Waals surface area contributed by atoms with E-state index in [1.807, 2.05) is 0 Å². The van der Waals surface area contributed by atoms with Crippen molar-refractivity contribution in [3.05, 3.63) is 34.9 Å². The molecule has 0 aromatic heterocycles. The van der Waals surface area contributed by atoms with Crippen LogP contribution in [0.1, 0.15) is 36.1 Å². The van der Waals surface area contributed by atoms with Crippen molar-refractivity contribution in [1.82, 2.24) is 10.6 Å². The molecule has 1 amide bonds. The first-order valence-corrected chi connectivity index (χ1v) is 6.15. The smallest absolute Gasteiger partial charge is 0.221 e. The summed E-state index contributed by atoms with van der Waals surface area (Å²) in [4.78, 5) is 11.1. The van der Waals surface area contributed by atoms with Crippen molar-refractivity contribution in [2.45, 2.75) is 39.3 Å². The zero-order chi connectivity index (χ0) is 12.4. The Bertz CT molecular complexity index is 408. The molecular weight excluding hydrogens is 212 g/mol. The third-order valence-corrected chi connectivity index (χ3v) is 3.21. The van der Waals surface area contributed by atoms with Crippen LogP contribution >= 0.6 is 0 Å². The lowest BCUT2D eigenvalue weighted by atomic mass is 10.0. The third-order valence-electron chi connectivity index (χ3n) is 3.21. The van der Waals surface area contributed by atoms with Crippen molar-refractivity contribution in [2.24, 2.45) is 0 Å². The predicted octanol–water partition coefficient (Wildman–Crippen LogP) is 1.84. The van der Waals surface area contributed by atoms with Crippen molar-refractivity contribution >= 4 is 5.91 Å². The van der Waals surface area contributed by atoms with Crippen LogP contribution in [0, 0.1) is 13.8 Å². The Morgan fingerprint density at radius 3 is 2.47 bits per heavy atom. The number of carbonyl (C=O) groups is 1. The summed E-state index contributed by atoms with van der Waals surface area (Å²) in [7, 11) is 0. The minimum absolute atomic E-state index is 0.148. The van der Waals surface area contributed by atoms with E-state index >= 15 is 0 Å². The lowest BCUT2D eigenvalue weighted by Crippen LogP contribution is -2.33. The van der Waals surface area contributed by atoms with E-state index in [0.29, 0.717) is 6.42 Å². The van der Waals surface area contributed by atoms with E-state index in [-0.39, 0.29) is 18.0 Å². The molecule has 17 heavy (non-hydrogen) atoms. The summed E-state index contributed by atoms with van der Waals surface area (Å²) < 4.78 is 0. The number of hydrogen-bond donors (Lipinski definition) is 2. The van der Waals surface area contributed by atoms with Gasteiger partial charge in [0.1, 0.15) is 0 Å². The number of hydrogen-bond acceptors (Lipinski definition) is 2. The van der Waals surface area contributed by atoms with Gasteiger partial charge in [0, 0.05) is 25.0 Å². The molecule has 2 rings (SSSR count). The van der Waals surface area contributed by atoms with Crippen LogP contribution in [0.15, 0.2) is 18.2 Å². The van der Waals surface area contributed by atoms with Crippen molar-refractivity contribution in [3.8, 4) is 0 Å². The van der Waals surface area contributed by atoms with Crippen LogP contribution < -0.4 is 10.6 Å². The number of benzene rings is 1. The molecule has 0 spiro atoms. The predicted molar refractivity (Wildman–Crippen MR) is 68.9 cm³/mol. The summed E-state index contributed by atoms with van der Waals surface area (Å²) in [6.07, 6.45) is 0.592. The van der Waals surface area contributed by atoms with Crippen molar-refractivity contribution in [1.29, 1.82) is 0 Å². The van der Waals surface area contributed by atoms with Crippen LogP contribution in [0.25, 0.3) is 0 Å². The summed E-state index contributed by atoms with van der Waals surface area (Å²) in [6, 6.07) is 7.13. The van der Waals surface area contributed by atoms with Crippen LogP contribution in [0.2, 0.25) is 0 Å². The third kappa shape index (κ3) is 3.07. The maximum atomic E-state index is 11.1. The van der Waals surface area contributed by atoms with Gasteiger partial charge in [-0.15, -0.1) is 0 Å². The minimum atomic E-state index is 0.148. The second-order valence-corrected chi connectivity index (χ2v) is 5.01. The van der Waals surface area contributed by atoms with Gasteiger partial charge >= 0.3 is 0 Å². The van der Waals surface area contributed by atoms with E-state index in [2.05, 4.69) is 49.6 Å². The van der Waals surface area contributed by atoms with Gasteiger partial charge in [0.25, 0.3) is 0 Å². The van der Waals surface area contributed by atoms with E-state index in [9.17, 15) is 4.79 Å². The molecular formula is C14H20N2O. The van der Waals surface area contributed by atoms with Crippen LogP contribution in [0.3, 0.4) is 0 Å². The minimum Gasteiger partial charge on any atom is -0.354 e. The number of rotatable bonds is 3. The second-order valence-electron chi connectivity index (χ2n) is 5.01. The van der Waals surface area contributed by atoms with Gasteiger partial charge in [0.15, 0.2) is 0 Å². The maximum absolute atomic E-state index is 11.1. The molecule has 1 fully saturated rings. The lowest BCUT2D eigenvalue weighted by molar-refractivity contribution is -0.119. The first kappa shape index (κ1) is 12.1. The number of nitrogens with one attached hydrogen (secondary N) is 2. The molecule has 0 radical (unpaired) electrons. The highest BCUT2D eigenvalue weighted by molar-refractivity contribution is 5.78. The SMILES string of the molecule is Cc1cc(C)cc(C(C)NC2CNC(=O)C2)c1. The fourth-order valence-electron chi connectivity index (χ4n) is 2.43. The van der Waals surface area contributed by atoms with Crippen LogP contribution in [0.5, 0.6) is 0 Å². The van der Waals surface area contributed by atoms with Gasteiger partial charge in [0.05, 0.1) is 0 Å². The fourth-order valence-corrected chi connectivity index (χ4v) is 2.43. The van der Waals surface area contributed by atoms with Gasteiger partial charge in [-0.05, 0) is 26.3 Å². The van der Waals surface area contributed by atoms with Gasteiger partial charge < -0.3 is 10.6 Å². The lowest BCUT2D eigenvalue weighted by Gasteiger charge is -2.19. The van der Waals surface area contributed by atoms with Crippen LogP contribution in [-0.2, 0) is 4.79 Å². The van der Waals surface area contributed by atoms with Gasteiger partial charge in [-0.2, -0.15) is 0 Å². The zero-order valence-electron chi connectivity index (χ0n) is 10.7. The standard InChI is InChI=1S/C14H20N2O/c1-9-4-10(2)6-12(5-9)11(3)16-13-7-14(17)15-8-13/h4-6,11,13,16H,7-8H2,1-3H3,(H,15,17). The molecule has 2 N–H and O–H groups in total. The molecule has 1 aromatic rings. The Labute approximate surface area is 103 Å². The molecule has 1 aromatic carbocycles. The molecule has 2 unspecified atom stereocenters. The number of amides is 1. The normalized spacial score (nSPS) is 21.4. The van der Waals surface area contributed by atoms with Crippen molar-refractivity contribution in [2.75, 3.05) is 6.54 Å². The van der Waals surface area contributed by atoms with Gasteiger partial charge in [-0.3, -0.25) is 4.79 Å². The molecule has 1 aliphatic rings. The molecule has 0 aliphatic carbocycles. The highest BCUT2D eigenvalue weighted by Gasteiger charge is 2.22. The average molecular weight is 232 g/mol. The number of aryl methyl sites for hydroxylation is 2. The van der Waals surface area contributed by atoms with Gasteiger partial charge in [-0.1, -0.05) is 29.3 Å². The Morgan fingerprint density at radius 1 is 1.29 bits per heavy atom. The van der Waals surface area contributed by atoms with Crippen molar-refractivity contribution < 1.29 is 4.79 Å². The summed E-state index contributed by atoms with van der Waals surface area (Å²) in [5.74, 6) is 0.148. The molecule has 1 aliphatic heterocycles. The van der Waals surface area contributed by atoms with Gasteiger partial charge in [0.2, 0.25) is 5.91 Å². The van der Waals surface area contributed by atoms with Crippen LogP contribution in [0.4, 0.5) is 0 Å². The summed E-state index contributed by atoms with van der Waals surface area (Å²) in [6.45, 7) is 7.12. The largest absolute Gasteiger partial charge is 0.354 e. The highest BCUT2D eigenvalue weighted by atomic mass is 16.1. The Kier molecular flexibility index (Phi) is 3.48. The molecule has 3 nitrogen and oxygen atoms in total. The summed E-state index contributed by atoms with van der Waals surface area (Å²) in [5, 5.41) is 6.34. The molecule has 1 saturated heterocycles. The maximum Gasteiger partial charge on any atom is 0.221 e. The average Bonchev–Trinajstić information content (AvgIpc) is 2.62. The number of carbonyl (C=O) groups excluding carboxylic acids is 1. The first-order valence-electron chi connectivity index (χ1n) is 6.15. The van der Waals surface area contributed by atoms with Gasteiger partial charge in [-0.25, -0.2) is 0 Å².